The average molecular weight is 266 g/mol. The molecule has 6 heteroatoms. The van der Waals surface area contributed by atoms with Crippen molar-refractivity contribution < 1.29 is 15.1 Å². The first-order valence-electron chi connectivity index (χ1n) is 6.39. The number of rotatable bonds is 4. The third kappa shape index (κ3) is 3.02. The van der Waals surface area contributed by atoms with Gasteiger partial charge in [-0.05, 0) is 30.4 Å². The van der Waals surface area contributed by atoms with E-state index >= 15 is 0 Å². The van der Waals surface area contributed by atoms with Crippen LogP contribution in [0.2, 0.25) is 0 Å². The highest BCUT2D eigenvalue weighted by Crippen LogP contribution is 2.32. The molecule has 0 saturated carbocycles. The Labute approximate surface area is 111 Å². The lowest BCUT2D eigenvalue weighted by molar-refractivity contribution is -0.384. The lowest BCUT2D eigenvalue weighted by Gasteiger charge is -2.32. The Hall–Kier alpha value is -1.66. The molecule has 2 rings (SSSR count). The molecule has 1 fully saturated rings. The largest absolute Gasteiger partial charge is 0.396 e. The molecule has 1 aliphatic rings. The fourth-order valence-corrected chi connectivity index (χ4v) is 2.44. The first-order chi connectivity index (χ1) is 9.15. The van der Waals surface area contributed by atoms with Gasteiger partial charge in [0, 0.05) is 25.8 Å². The summed E-state index contributed by atoms with van der Waals surface area (Å²) in [7, 11) is 0. The molecule has 1 aliphatic heterocycles. The summed E-state index contributed by atoms with van der Waals surface area (Å²) < 4.78 is 0. The maximum absolute atomic E-state index is 11.1. The van der Waals surface area contributed by atoms with Crippen molar-refractivity contribution in [2.24, 2.45) is 5.92 Å². The molecule has 0 spiro atoms. The van der Waals surface area contributed by atoms with Crippen molar-refractivity contribution in [3.63, 3.8) is 0 Å². The van der Waals surface area contributed by atoms with E-state index in [1.165, 1.54) is 6.07 Å². The Morgan fingerprint density at radius 3 is 2.53 bits per heavy atom. The number of aliphatic hydroxyl groups excluding tert-OH is 2. The summed E-state index contributed by atoms with van der Waals surface area (Å²) in [5, 5.41) is 29.3. The number of nitrogens with zero attached hydrogens (tertiary/aromatic N) is 2. The van der Waals surface area contributed by atoms with Crippen LogP contribution < -0.4 is 4.90 Å². The van der Waals surface area contributed by atoms with E-state index < -0.39 is 4.92 Å². The van der Waals surface area contributed by atoms with Crippen LogP contribution in [0.5, 0.6) is 0 Å². The Bertz CT molecular complexity index is 456. The van der Waals surface area contributed by atoms with Gasteiger partial charge in [0.2, 0.25) is 0 Å². The van der Waals surface area contributed by atoms with Crippen LogP contribution in [-0.2, 0) is 6.61 Å². The number of piperidine rings is 1. The average Bonchev–Trinajstić information content (AvgIpc) is 2.46. The highest BCUT2D eigenvalue weighted by Gasteiger charge is 2.24. The number of nitro benzene ring substituents is 1. The third-order valence-corrected chi connectivity index (χ3v) is 3.63. The van der Waals surface area contributed by atoms with E-state index in [4.69, 9.17) is 10.2 Å². The van der Waals surface area contributed by atoms with Gasteiger partial charge in [0.05, 0.1) is 11.5 Å². The molecule has 0 bridgehead atoms. The number of aliphatic hydroxyl groups is 2. The van der Waals surface area contributed by atoms with E-state index in [9.17, 15) is 10.1 Å². The van der Waals surface area contributed by atoms with E-state index in [1.807, 2.05) is 4.90 Å². The van der Waals surface area contributed by atoms with Gasteiger partial charge in [-0.25, -0.2) is 0 Å². The molecule has 1 aromatic carbocycles. The minimum absolute atomic E-state index is 0.0361. The summed E-state index contributed by atoms with van der Waals surface area (Å²) in [5.41, 5.74) is 1.17. The van der Waals surface area contributed by atoms with Gasteiger partial charge in [-0.3, -0.25) is 10.1 Å². The van der Waals surface area contributed by atoms with E-state index in [-0.39, 0.29) is 18.9 Å². The predicted molar refractivity (Wildman–Crippen MR) is 71.0 cm³/mol. The quantitative estimate of drug-likeness (QED) is 0.633. The molecular formula is C13H18N2O4. The topological polar surface area (TPSA) is 86.8 Å². The number of anilines is 1. The minimum Gasteiger partial charge on any atom is -0.396 e. The summed E-state index contributed by atoms with van der Waals surface area (Å²) in [5.74, 6) is 0.298. The number of benzene rings is 1. The number of hydrogen-bond acceptors (Lipinski definition) is 5. The molecule has 0 atom stereocenters. The summed E-state index contributed by atoms with van der Waals surface area (Å²) >= 11 is 0. The van der Waals surface area contributed by atoms with Gasteiger partial charge in [-0.1, -0.05) is 6.07 Å². The Morgan fingerprint density at radius 1 is 1.32 bits per heavy atom. The molecule has 0 amide bonds. The highest BCUT2D eigenvalue weighted by molar-refractivity contribution is 5.64. The molecule has 0 radical (unpaired) electrons. The van der Waals surface area contributed by atoms with Crippen LogP contribution in [0, 0.1) is 16.0 Å². The maximum Gasteiger partial charge on any atom is 0.292 e. The zero-order chi connectivity index (χ0) is 13.8. The van der Waals surface area contributed by atoms with E-state index in [0.717, 1.165) is 12.8 Å². The Morgan fingerprint density at radius 2 is 2.00 bits per heavy atom. The SMILES string of the molecule is O=[N+]([O-])c1cc(CO)ccc1N1CCC(CO)CC1. The van der Waals surface area contributed by atoms with Crippen LogP contribution in [0.1, 0.15) is 18.4 Å². The third-order valence-electron chi connectivity index (χ3n) is 3.63. The van der Waals surface area contributed by atoms with Gasteiger partial charge in [0.15, 0.2) is 0 Å². The summed E-state index contributed by atoms with van der Waals surface area (Å²) in [6, 6.07) is 4.83. The maximum atomic E-state index is 11.1. The fraction of sp³-hybridized carbons (Fsp3) is 0.538. The lowest BCUT2D eigenvalue weighted by Crippen LogP contribution is -2.35. The molecular weight excluding hydrogens is 248 g/mol. The van der Waals surface area contributed by atoms with E-state index in [2.05, 4.69) is 0 Å². The van der Waals surface area contributed by atoms with Gasteiger partial charge < -0.3 is 15.1 Å². The van der Waals surface area contributed by atoms with Crippen molar-refractivity contribution in [3.05, 3.63) is 33.9 Å². The molecule has 6 nitrogen and oxygen atoms in total. The molecule has 2 N–H and O–H groups in total. The predicted octanol–water partition coefficient (Wildman–Crippen LogP) is 1.30. The van der Waals surface area contributed by atoms with Crippen LogP contribution in [-0.4, -0.2) is 34.8 Å². The van der Waals surface area contributed by atoms with E-state index in [1.54, 1.807) is 12.1 Å². The molecule has 1 saturated heterocycles. The molecule has 104 valence electrons. The smallest absolute Gasteiger partial charge is 0.292 e. The van der Waals surface area contributed by atoms with Gasteiger partial charge in [-0.2, -0.15) is 0 Å². The van der Waals surface area contributed by atoms with Crippen molar-refractivity contribution in [3.8, 4) is 0 Å². The summed E-state index contributed by atoms with van der Waals surface area (Å²) in [6.45, 7) is 1.40. The van der Waals surface area contributed by atoms with Crippen molar-refractivity contribution in [2.45, 2.75) is 19.4 Å². The van der Waals surface area contributed by atoms with Crippen LogP contribution in [0.25, 0.3) is 0 Å². The zero-order valence-electron chi connectivity index (χ0n) is 10.7. The molecule has 19 heavy (non-hydrogen) atoms. The molecule has 0 aliphatic carbocycles. The van der Waals surface area contributed by atoms with Crippen LogP contribution in [0.15, 0.2) is 18.2 Å². The monoisotopic (exact) mass is 266 g/mol. The second-order valence-corrected chi connectivity index (χ2v) is 4.85. The number of nitro groups is 1. The number of hydrogen-bond donors (Lipinski definition) is 2. The molecule has 1 heterocycles. The fourth-order valence-electron chi connectivity index (χ4n) is 2.44. The van der Waals surface area contributed by atoms with Crippen LogP contribution in [0.4, 0.5) is 11.4 Å². The first kappa shape index (κ1) is 13.8. The Balaban J connectivity index is 2.22. The van der Waals surface area contributed by atoms with E-state index in [0.29, 0.717) is 30.3 Å². The summed E-state index contributed by atoms with van der Waals surface area (Å²) in [4.78, 5) is 12.7. The Kier molecular flexibility index (Phi) is 4.34. The van der Waals surface area contributed by atoms with Crippen molar-refractivity contribution in [1.82, 2.24) is 0 Å². The van der Waals surface area contributed by atoms with Crippen molar-refractivity contribution >= 4 is 11.4 Å². The van der Waals surface area contributed by atoms with Crippen LogP contribution >= 0.6 is 0 Å². The molecule has 1 aromatic rings. The molecule has 0 aromatic heterocycles. The lowest BCUT2D eigenvalue weighted by atomic mass is 9.97. The van der Waals surface area contributed by atoms with Gasteiger partial charge in [-0.15, -0.1) is 0 Å². The first-order valence-corrected chi connectivity index (χ1v) is 6.39. The summed E-state index contributed by atoms with van der Waals surface area (Å²) in [6.07, 6.45) is 1.69. The molecule has 0 unspecified atom stereocenters. The minimum atomic E-state index is -0.410. The second kappa shape index (κ2) is 5.99. The van der Waals surface area contributed by atoms with Gasteiger partial charge >= 0.3 is 0 Å². The normalized spacial score (nSPS) is 16.6. The van der Waals surface area contributed by atoms with Gasteiger partial charge in [0.25, 0.3) is 5.69 Å². The van der Waals surface area contributed by atoms with Gasteiger partial charge in [0.1, 0.15) is 5.69 Å². The van der Waals surface area contributed by atoms with Crippen molar-refractivity contribution in [1.29, 1.82) is 0 Å². The van der Waals surface area contributed by atoms with Crippen LogP contribution in [0.3, 0.4) is 0 Å². The van der Waals surface area contributed by atoms with Crippen molar-refractivity contribution in [2.75, 3.05) is 24.6 Å². The highest BCUT2D eigenvalue weighted by atomic mass is 16.6. The second-order valence-electron chi connectivity index (χ2n) is 4.85. The standard InChI is InChI=1S/C13H18N2O4/c16-8-10-3-5-14(6-4-10)12-2-1-11(9-17)7-13(12)15(18)19/h1-2,7,10,16-17H,3-6,8-9H2. The zero-order valence-corrected chi connectivity index (χ0v) is 10.7.